The number of hydrogen-bond donors (Lipinski definition) is 2. The summed E-state index contributed by atoms with van der Waals surface area (Å²) in [5.41, 5.74) is 7.03. The molecule has 0 unspecified atom stereocenters. The third kappa shape index (κ3) is 3.38. The Labute approximate surface area is 121 Å². The number of aryl methyl sites for hydroxylation is 1. The third-order valence-electron chi connectivity index (χ3n) is 2.52. The molecule has 1 aromatic carbocycles. The number of aromatic nitrogens is 2. The smallest absolute Gasteiger partial charge is 0.255 e. The molecule has 1 amide bonds. The molecule has 1 heterocycles. The number of nitrogens with one attached hydrogen (secondary N) is 1. The van der Waals surface area contributed by atoms with Gasteiger partial charge in [-0.05, 0) is 18.2 Å². The molecule has 1 aromatic heterocycles. The molecular weight excluding hydrogens is 276 g/mol. The van der Waals surface area contributed by atoms with Crippen molar-refractivity contribution in [2.75, 3.05) is 11.9 Å². The van der Waals surface area contributed by atoms with E-state index in [4.69, 9.17) is 17.3 Å². The van der Waals surface area contributed by atoms with Crippen molar-refractivity contribution in [3.05, 3.63) is 46.7 Å². The van der Waals surface area contributed by atoms with Crippen LogP contribution in [0.25, 0.3) is 0 Å². The van der Waals surface area contributed by atoms with Crippen molar-refractivity contribution in [1.29, 1.82) is 0 Å². The molecule has 0 bridgehead atoms. The maximum absolute atomic E-state index is 12.0. The lowest BCUT2D eigenvalue weighted by Gasteiger charge is -2.04. The number of carbonyl (C=O) groups is 1. The van der Waals surface area contributed by atoms with Crippen molar-refractivity contribution in [2.45, 2.75) is 0 Å². The van der Waals surface area contributed by atoms with E-state index in [0.29, 0.717) is 21.8 Å². The first-order valence-electron chi connectivity index (χ1n) is 5.88. The Hall–Kier alpha value is -2.29. The fourth-order valence-corrected chi connectivity index (χ4v) is 1.82. The molecule has 0 radical (unpaired) electrons. The van der Waals surface area contributed by atoms with Crippen LogP contribution in [0.3, 0.4) is 0 Å². The molecule has 0 aliphatic carbocycles. The fourth-order valence-electron chi connectivity index (χ4n) is 1.59. The van der Waals surface area contributed by atoms with E-state index in [0.717, 1.165) is 0 Å². The Morgan fingerprint density at radius 1 is 1.55 bits per heavy atom. The van der Waals surface area contributed by atoms with Crippen molar-refractivity contribution in [2.24, 2.45) is 12.8 Å². The number of amides is 1. The van der Waals surface area contributed by atoms with Crippen LogP contribution < -0.4 is 11.1 Å². The monoisotopic (exact) mass is 288 g/mol. The minimum Gasteiger partial charge on any atom is -0.320 e. The van der Waals surface area contributed by atoms with Gasteiger partial charge in [-0.15, -0.1) is 0 Å². The molecule has 0 saturated carbocycles. The van der Waals surface area contributed by atoms with Gasteiger partial charge >= 0.3 is 0 Å². The maximum atomic E-state index is 12.0. The predicted octanol–water partition coefficient (Wildman–Crippen LogP) is 1.64. The van der Waals surface area contributed by atoms with E-state index in [1.54, 1.807) is 42.3 Å². The van der Waals surface area contributed by atoms with E-state index in [1.165, 1.54) is 0 Å². The molecule has 20 heavy (non-hydrogen) atoms. The topological polar surface area (TPSA) is 72.9 Å². The summed E-state index contributed by atoms with van der Waals surface area (Å²) in [4.78, 5) is 12.0. The van der Waals surface area contributed by atoms with Crippen molar-refractivity contribution < 1.29 is 4.79 Å². The number of benzene rings is 1. The maximum Gasteiger partial charge on any atom is 0.255 e. The van der Waals surface area contributed by atoms with E-state index in [9.17, 15) is 4.79 Å². The zero-order chi connectivity index (χ0) is 14.5. The average molecular weight is 289 g/mol. The zero-order valence-corrected chi connectivity index (χ0v) is 11.6. The Kier molecular flexibility index (Phi) is 4.41. The Morgan fingerprint density at radius 2 is 2.35 bits per heavy atom. The first kappa shape index (κ1) is 14.1. The largest absolute Gasteiger partial charge is 0.320 e. The summed E-state index contributed by atoms with van der Waals surface area (Å²) in [5, 5.41) is 7.13. The Bertz CT molecular complexity index is 697. The van der Waals surface area contributed by atoms with Gasteiger partial charge in [-0.3, -0.25) is 9.48 Å². The highest BCUT2D eigenvalue weighted by atomic mass is 35.5. The Morgan fingerprint density at radius 3 is 2.95 bits per heavy atom. The van der Waals surface area contributed by atoms with E-state index in [1.807, 2.05) is 0 Å². The van der Waals surface area contributed by atoms with Gasteiger partial charge in [0.15, 0.2) is 0 Å². The lowest BCUT2D eigenvalue weighted by molar-refractivity contribution is 0.102. The van der Waals surface area contributed by atoms with E-state index in [2.05, 4.69) is 22.3 Å². The number of nitrogens with zero attached hydrogens (tertiary/aromatic N) is 2. The molecule has 0 spiro atoms. The summed E-state index contributed by atoms with van der Waals surface area (Å²) in [6, 6.07) is 4.94. The van der Waals surface area contributed by atoms with Gasteiger partial charge in [-0.1, -0.05) is 23.4 Å². The van der Waals surface area contributed by atoms with E-state index < -0.39 is 0 Å². The number of hydrogen-bond acceptors (Lipinski definition) is 3. The predicted molar refractivity (Wildman–Crippen MR) is 78.5 cm³/mol. The van der Waals surface area contributed by atoms with Crippen LogP contribution in [0, 0.1) is 11.8 Å². The molecule has 0 saturated heterocycles. The second-order valence-electron chi connectivity index (χ2n) is 4.06. The van der Waals surface area contributed by atoms with Gasteiger partial charge in [-0.25, -0.2) is 0 Å². The second kappa shape index (κ2) is 6.24. The first-order valence-corrected chi connectivity index (χ1v) is 6.26. The molecule has 0 fully saturated rings. The molecule has 0 atom stereocenters. The van der Waals surface area contributed by atoms with Gasteiger partial charge in [0, 0.05) is 24.4 Å². The third-order valence-corrected chi connectivity index (χ3v) is 2.83. The van der Waals surface area contributed by atoms with E-state index >= 15 is 0 Å². The lowest BCUT2D eigenvalue weighted by Crippen LogP contribution is -2.11. The summed E-state index contributed by atoms with van der Waals surface area (Å²) in [7, 11) is 1.78. The fraction of sp³-hybridized carbons (Fsp3) is 0.143. The van der Waals surface area contributed by atoms with Gasteiger partial charge in [0.2, 0.25) is 0 Å². The van der Waals surface area contributed by atoms with Crippen LogP contribution in [-0.4, -0.2) is 22.2 Å². The minimum absolute atomic E-state index is 0.252. The number of nitrogens with two attached hydrogens (primary N) is 1. The zero-order valence-electron chi connectivity index (χ0n) is 10.9. The van der Waals surface area contributed by atoms with Crippen molar-refractivity contribution >= 4 is 23.2 Å². The molecule has 5 nitrogen and oxygen atoms in total. The quantitative estimate of drug-likeness (QED) is 0.825. The van der Waals surface area contributed by atoms with E-state index in [-0.39, 0.29) is 12.5 Å². The van der Waals surface area contributed by atoms with Crippen LogP contribution in [0.15, 0.2) is 30.6 Å². The van der Waals surface area contributed by atoms with Crippen LogP contribution in [-0.2, 0) is 7.05 Å². The summed E-state index contributed by atoms with van der Waals surface area (Å²) in [6.07, 6.45) is 3.28. The highest BCUT2D eigenvalue weighted by molar-refractivity contribution is 6.32. The first-order chi connectivity index (χ1) is 9.60. The van der Waals surface area contributed by atoms with Gasteiger partial charge in [0.1, 0.15) is 0 Å². The number of anilines is 1. The second-order valence-corrected chi connectivity index (χ2v) is 4.46. The van der Waals surface area contributed by atoms with Crippen LogP contribution in [0.4, 0.5) is 5.69 Å². The molecule has 102 valence electrons. The van der Waals surface area contributed by atoms with Crippen LogP contribution in [0.2, 0.25) is 5.02 Å². The van der Waals surface area contributed by atoms with Crippen molar-refractivity contribution in [3.8, 4) is 11.8 Å². The summed E-state index contributed by atoms with van der Waals surface area (Å²) in [5.74, 6) is 5.31. The van der Waals surface area contributed by atoms with Crippen LogP contribution in [0.1, 0.15) is 15.9 Å². The molecule has 2 rings (SSSR count). The van der Waals surface area contributed by atoms with Gasteiger partial charge in [0.25, 0.3) is 5.91 Å². The van der Waals surface area contributed by atoms with Crippen molar-refractivity contribution in [1.82, 2.24) is 9.78 Å². The molecule has 3 N–H and O–H groups in total. The average Bonchev–Trinajstić information content (AvgIpc) is 2.82. The lowest BCUT2D eigenvalue weighted by atomic mass is 10.1. The molecule has 0 aliphatic rings. The molecule has 6 heteroatoms. The summed E-state index contributed by atoms with van der Waals surface area (Å²) >= 11 is 6.08. The molecule has 0 aliphatic heterocycles. The van der Waals surface area contributed by atoms with Gasteiger partial charge < -0.3 is 11.1 Å². The SMILES string of the molecule is Cn1cc(NC(=O)c2ccc(C#CCN)c(Cl)c2)cn1. The van der Waals surface area contributed by atoms with Gasteiger partial charge in [-0.2, -0.15) is 5.10 Å². The minimum atomic E-state index is -0.252. The highest BCUT2D eigenvalue weighted by Gasteiger charge is 2.09. The molecule has 2 aromatic rings. The number of carbonyl (C=O) groups excluding carboxylic acids is 1. The summed E-state index contributed by atoms with van der Waals surface area (Å²) in [6.45, 7) is 0.263. The Balaban J connectivity index is 2.16. The highest BCUT2D eigenvalue weighted by Crippen LogP contribution is 2.18. The van der Waals surface area contributed by atoms with Crippen molar-refractivity contribution in [3.63, 3.8) is 0 Å². The van der Waals surface area contributed by atoms with Crippen LogP contribution >= 0.6 is 11.6 Å². The normalized spacial score (nSPS) is 9.75. The van der Waals surface area contributed by atoms with Gasteiger partial charge in [0.05, 0.1) is 23.5 Å². The standard InChI is InChI=1S/C14H13ClN4O/c1-19-9-12(8-17-19)18-14(20)11-5-4-10(3-2-6-16)13(15)7-11/h4-5,7-9H,6,16H2,1H3,(H,18,20). The van der Waals surface area contributed by atoms with Crippen LogP contribution in [0.5, 0.6) is 0 Å². The molecular formula is C14H13ClN4O. The summed E-state index contributed by atoms with van der Waals surface area (Å²) < 4.78 is 1.61. The number of halogens is 1. The number of rotatable bonds is 2.